The zero-order valence-corrected chi connectivity index (χ0v) is 15.2. The van der Waals surface area contributed by atoms with Gasteiger partial charge in [-0.15, -0.1) is 0 Å². The molecule has 0 amide bonds. The molecule has 1 aliphatic carbocycles. The van der Waals surface area contributed by atoms with Gasteiger partial charge in [0.05, 0.1) is 5.56 Å². The van der Waals surface area contributed by atoms with Gasteiger partial charge >= 0.3 is 0 Å². The second-order valence-corrected chi connectivity index (χ2v) is 7.92. The van der Waals surface area contributed by atoms with Crippen molar-refractivity contribution in [1.82, 2.24) is 9.97 Å². The smallest absolute Gasteiger partial charge is 0.165 e. The maximum absolute atomic E-state index is 14.1. The predicted molar refractivity (Wildman–Crippen MR) is 101 cm³/mol. The van der Waals surface area contributed by atoms with Gasteiger partial charge in [-0.05, 0) is 49.4 Å². The molecule has 5 nitrogen and oxygen atoms in total. The van der Waals surface area contributed by atoms with Crippen LogP contribution in [0.1, 0.15) is 29.7 Å². The van der Waals surface area contributed by atoms with Crippen molar-refractivity contribution in [3.05, 3.63) is 47.0 Å². The molecule has 0 saturated carbocycles. The van der Waals surface area contributed by atoms with E-state index in [4.69, 9.17) is 4.98 Å². The summed E-state index contributed by atoms with van der Waals surface area (Å²) in [6.07, 6.45) is 6.07. The lowest BCUT2D eigenvalue weighted by atomic mass is 9.95. The summed E-state index contributed by atoms with van der Waals surface area (Å²) in [6.45, 7) is 3.36. The Hall–Kier alpha value is -2.68. The van der Waals surface area contributed by atoms with E-state index in [-0.39, 0.29) is 5.82 Å². The summed E-state index contributed by atoms with van der Waals surface area (Å²) in [4.78, 5) is 13.5. The molecular weight excluding hydrogens is 341 g/mol. The molecule has 4 heterocycles. The van der Waals surface area contributed by atoms with Crippen LogP contribution in [-0.4, -0.2) is 36.1 Å². The van der Waals surface area contributed by atoms with Gasteiger partial charge in [0.25, 0.3) is 0 Å². The fourth-order valence-corrected chi connectivity index (χ4v) is 4.90. The Bertz CT molecular complexity index is 907. The predicted octanol–water partition coefficient (Wildman–Crippen LogP) is 2.94. The number of aromatic nitrogens is 2. The molecule has 2 aliphatic heterocycles. The molecule has 138 valence electrons. The van der Waals surface area contributed by atoms with E-state index in [9.17, 15) is 9.65 Å². The van der Waals surface area contributed by atoms with E-state index >= 15 is 0 Å². The zero-order valence-electron chi connectivity index (χ0n) is 15.2. The maximum atomic E-state index is 14.1. The largest absolute Gasteiger partial charge is 0.355 e. The molecule has 0 spiro atoms. The first-order valence-corrected chi connectivity index (χ1v) is 9.76. The first-order chi connectivity index (χ1) is 13.2. The van der Waals surface area contributed by atoms with Crippen LogP contribution in [0.25, 0.3) is 0 Å². The van der Waals surface area contributed by atoms with Crippen molar-refractivity contribution >= 4 is 11.6 Å². The molecule has 2 aromatic rings. The summed E-state index contributed by atoms with van der Waals surface area (Å²) < 4.78 is 14.1. The molecule has 2 aromatic heterocycles. The Morgan fingerprint density at radius 1 is 1.04 bits per heavy atom. The van der Waals surface area contributed by atoms with Crippen LogP contribution < -0.4 is 9.80 Å². The van der Waals surface area contributed by atoms with Gasteiger partial charge in [0.2, 0.25) is 0 Å². The van der Waals surface area contributed by atoms with Crippen LogP contribution >= 0.6 is 0 Å². The van der Waals surface area contributed by atoms with E-state index in [1.807, 2.05) is 0 Å². The van der Waals surface area contributed by atoms with Gasteiger partial charge in [0.15, 0.2) is 11.6 Å². The van der Waals surface area contributed by atoms with Crippen molar-refractivity contribution in [2.24, 2.45) is 11.8 Å². The minimum absolute atomic E-state index is 0.252. The van der Waals surface area contributed by atoms with Gasteiger partial charge in [-0.2, -0.15) is 5.26 Å². The second-order valence-electron chi connectivity index (χ2n) is 7.92. The molecule has 2 saturated heterocycles. The normalized spacial score (nSPS) is 23.9. The average Bonchev–Trinajstić information content (AvgIpc) is 3.26. The highest BCUT2D eigenvalue weighted by Gasteiger charge is 2.42. The lowest BCUT2D eigenvalue weighted by Gasteiger charge is -2.25. The van der Waals surface area contributed by atoms with Crippen LogP contribution in [0.3, 0.4) is 0 Å². The molecule has 0 aromatic carbocycles. The molecule has 0 radical (unpaired) electrons. The standard InChI is InChI=1S/C21H22FN5/c22-18-5-3-7-24-21(18)27-12-16-10-26(11-17(16)13-27)20-15(9-23)8-14-4-1-2-6-19(14)25-20/h3,5,7-8,16-17H,1-2,4,6,10-13H2. The van der Waals surface area contributed by atoms with Crippen LogP contribution in [0.4, 0.5) is 16.0 Å². The Balaban J connectivity index is 1.36. The van der Waals surface area contributed by atoms with E-state index < -0.39 is 0 Å². The minimum atomic E-state index is -0.252. The van der Waals surface area contributed by atoms with E-state index in [0.717, 1.165) is 44.8 Å². The van der Waals surface area contributed by atoms with Crippen LogP contribution in [0.2, 0.25) is 0 Å². The number of hydrogen-bond donors (Lipinski definition) is 0. The lowest BCUT2D eigenvalue weighted by molar-refractivity contribution is 0.533. The summed E-state index contributed by atoms with van der Waals surface area (Å²) in [5.41, 5.74) is 3.12. The first kappa shape index (κ1) is 16.5. The lowest BCUT2D eigenvalue weighted by Crippen LogP contribution is -2.31. The highest BCUT2D eigenvalue weighted by atomic mass is 19.1. The van der Waals surface area contributed by atoms with Crippen molar-refractivity contribution in [2.45, 2.75) is 25.7 Å². The van der Waals surface area contributed by atoms with Gasteiger partial charge in [0, 0.05) is 49.9 Å². The van der Waals surface area contributed by atoms with Crippen molar-refractivity contribution in [3.63, 3.8) is 0 Å². The Morgan fingerprint density at radius 3 is 2.44 bits per heavy atom. The maximum Gasteiger partial charge on any atom is 0.165 e. The number of hydrogen-bond acceptors (Lipinski definition) is 5. The van der Waals surface area contributed by atoms with Crippen LogP contribution in [0.5, 0.6) is 0 Å². The Kier molecular flexibility index (Phi) is 3.96. The van der Waals surface area contributed by atoms with Crippen molar-refractivity contribution in [3.8, 4) is 6.07 Å². The first-order valence-electron chi connectivity index (χ1n) is 9.76. The third-order valence-electron chi connectivity index (χ3n) is 6.23. The molecular formula is C21H22FN5. The van der Waals surface area contributed by atoms with Crippen LogP contribution in [0, 0.1) is 29.0 Å². The van der Waals surface area contributed by atoms with Crippen LogP contribution in [0.15, 0.2) is 24.4 Å². The number of aryl methyl sites for hydroxylation is 2. The highest BCUT2D eigenvalue weighted by molar-refractivity contribution is 5.58. The fraction of sp³-hybridized carbons (Fsp3) is 0.476. The third-order valence-corrected chi connectivity index (χ3v) is 6.23. The Morgan fingerprint density at radius 2 is 1.74 bits per heavy atom. The number of pyridine rings is 2. The number of halogens is 1. The van der Waals surface area contributed by atoms with Gasteiger partial charge in [-0.3, -0.25) is 0 Å². The third kappa shape index (κ3) is 2.82. The number of fused-ring (bicyclic) bond motifs is 2. The summed E-state index contributed by atoms with van der Waals surface area (Å²) in [6, 6.07) is 7.51. The number of rotatable bonds is 2. The van der Waals surface area contributed by atoms with Gasteiger partial charge < -0.3 is 9.80 Å². The van der Waals surface area contributed by atoms with Gasteiger partial charge in [0.1, 0.15) is 11.9 Å². The van der Waals surface area contributed by atoms with Crippen molar-refractivity contribution in [1.29, 1.82) is 5.26 Å². The molecule has 2 fully saturated rings. The summed E-state index contributed by atoms with van der Waals surface area (Å²) >= 11 is 0. The molecule has 27 heavy (non-hydrogen) atoms. The van der Waals surface area contributed by atoms with Crippen molar-refractivity contribution in [2.75, 3.05) is 36.0 Å². The summed E-state index contributed by atoms with van der Waals surface area (Å²) in [5.74, 6) is 1.97. The number of nitrogens with zero attached hydrogens (tertiary/aromatic N) is 5. The highest BCUT2D eigenvalue weighted by Crippen LogP contribution is 2.37. The van der Waals surface area contributed by atoms with Gasteiger partial charge in [-0.1, -0.05) is 0 Å². The number of anilines is 2. The molecule has 0 bridgehead atoms. The second kappa shape index (κ2) is 6.49. The number of nitriles is 1. The van der Waals surface area contributed by atoms with E-state index in [0.29, 0.717) is 23.2 Å². The molecule has 3 aliphatic rings. The van der Waals surface area contributed by atoms with E-state index in [1.54, 1.807) is 12.3 Å². The molecule has 2 atom stereocenters. The zero-order chi connectivity index (χ0) is 18.4. The molecule has 2 unspecified atom stereocenters. The quantitative estimate of drug-likeness (QED) is 0.821. The molecule has 6 heteroatoms. The summed E-state index contributed by atoms with van der Waals surface area (Å²) in [7, 11) is 0. The molecule has 0 N–H and O–H groups in total. The fourth-order valence-electron chi connectivity index (χ4n) is 4.90. The van der Waals surface area contributed by atoms with Crippen molar-refractivity contribution < 1.29 is 4.39 Å². The molecule has 5 rings (SSSR count). The average molecular weight is 363 g/mol. The topological polar surface area (TPSA) is 56.1 Å². The van der Waals surface area contributed by atoms with E-state index in [1.165, 1.54) is 30.2 Å². The van der Waals surface area contributed by atoms with Crippen LogP contribution in [-0.2, 0) is 12.8 Å². The SMILES string of the molecule is N#Cc1cc2c(nc1N1CC3CN(c4ncccc4F)CC3C1)CCCC2. The summed E-state index contributed by atoms with van der Waals surface area (Å²) in [5, 5.41) is 9.63. The van der Waals surface area contributed by atoms with E-state index in [2.05, 4.69) is 26.9 Å². The monoisotopic (exact) mass is 363 g/mol. The Labute approximate surface area is 158 Å². The van der Waals surface area contributed by atoms with Gasteiger partial charge in [-0.25, -0.2) is 14.4 Å². The minimum Gasteiger partial charge on any atom is -0.355 e.